The molecule has 1 fully saturated rings. The molecule has 5 rings (SSSR count). The maximum Gasteiger partial charge on any atom is 0.283 e. The van der Waals surface area contributed by atoms with E-state index < -0.39 is 6.10 Å². The summed E-state index contributed by atoms with van der Waals surface area (Å²) in [6.07, 6.45) is 1.31. The van der Waals surface area contributed by atoms with Crippen molar-refractivity contribution in [1.82, 2.24) is 15.1 Å². The largest absolute Gasteiger partial charge is 0.496 e. The summed E-state index contributed by atoms with van der Waals surface area (Å²) in [5.41, 5.74) is 1.79. The number of nitrogens with zero attached hydrogens (tertiary/aromatic N) is 3. The SMILES string of the molecule is COc1cccc(OC)c1C1CCN(C[C@H](O)COc2cccc3oc(-c4nnc(C)o4)cc23)CC1. The van der Waals surface area contributed by atoms with Crippen molar-refractivity contribution in [3.05, 3.63) is 53.9 Å². The molecule has 0 saturated carbocycles. The van der Waals surface area contributed by atoms with Gasteiger partial charge in [0.2, 0.25) is 5.89 Å². The second kappa shape index (κ2) is 10.6. The van der Waals surface area contributed by atoms with E-state index in [-0.39, 0.29) is 6.61 Å². The zero-order chi connectivity index (χ0) is 25.1. The topological polar surface area (TPSA) is 103 Å². The number of hydrogen-bond donors (Lipinski definition) is 1. The van der Waals surface area contributed by atoms with Crippen LogP contribution in [0.4, 0.5) is 0 Å². The van der Waals surface area contributed by atoms with Crippen molar-refractivity contribution in [2.75, 3.05) is 40.5 Å². The molecule has 2 aromatic carbocycles. The van der Waals surface area contributed by atoms with Gasteiger partial charge in [-0.2, -0.15) is 0 Å². The molecule has 2 aromatic heterocycles. The second-order valence-electron chi connectivity index (χ2n) is 9.02. The number of hydrogen-bond acceptors (Lipinski definition) is 9. The molecule has 9 heteroatoms. The van der Waals surface area contributed by atoms with Gasteiger partial charge in [-0.25, -0.2) is 0 Å². The molecule has 1 saturated heterocycles. The van der Waals surface area contributed by atoms with Crippen LogP contribution in [0.2, 0.25) is 0 Å². The highest BCUT2D eigenvalue weighted by Crippen LogP contribution is 2.40. The van der Waals surface area contributed by atoms with Gasteiger partial charge in [0.05, 0.1) is 19.6 Å². The predicted molar refractivity (Wildman–Crippen MR) is 134 cm³/mol. The zero-order valence-corrected chi connectivity index (χ0v) is 20.8. The third kappa shape index (κ3) is 5.03. The number of benzene rings is 2. The molecule has 0 radical (unpaired) electrons. The Hall–Kier alpha value is -3.56. The Balaban J connectivity index is 1.17. The fourth-order valence-corrected chi connectivity index (χ4v) is 4.88. The number of aromatic nitrogens is 2. The van der Waals surface area contributed by atoms with E-state index >= 15 is 0 Å². The molecule has 0 unspecified atom stereocenters. The number of rotatable bonds is 9. The quantitative estimate of drug-likeness (QED) is 0.363. The minimum Gasteiger partial charge on any atom is -0.496 e. The average Bonchev–Trinajstić information content (AvgIpc) is 3.54. The Morgan fingerprint density at radius 3 is 2.36 bits per heavy atom. The first kappa shape index (κ1) is 24.1. The Kier molecular flexibility index (Phi) is 7.11. The van der Waals surface area contributed by atoms with E-state index in [2.05, 4.69) is 15.1 Å². The second-order valence-corrected chi connectivity index (χ2v) is 9.02. The summed E-state index contributed by atoms with van der Waals surface area (Å²) in [4.78, 5) is 2.28. The van der Waals surface area contributed by atoms with Crippen LogP contribution in [0.3, 0.4) is 0 Å². The lowest BCUT2D eigenvalue weighted by Crippen LogP contribution is -2.40. The van der Waals surface area contributed by atoms with Gasteiger partial charge in [0.25, 0.3) is 5.89 Å². The molecule has 190 valence electrons. The number of β-amino-alcohol motifs (C(OH)–C–C–N with tert-alkyl or cyclic N) is 1. The first-order valence-electron chi connectivity index (χ1n) is 12.1. The lowest BCUT2D eigenvalue weighted by molar-refractivity contribution is 0.0597. The van der Waals surface area contributed by atoms with Crippen molar-refractivity contribution in [3.8, 4) is 28.9 Å². The summed E-state index contributed by atoms with van der Waals surface area (Å²) in [7, 11) is 3.39. The first-order chi connectivity index (χ1) is 17.6. The summed E-state index contributed by atoms with van der Waals surface area (Å²) in [6.45, 7) is 4.22. The lowest BCUT2D eigenvalue weighted by Gasteiger charge is -2.34. The molecular formula is C27H31N3O6. The minimum atomic E-state index is -0.623. The molecule has 0 bridgehead atoms. The maximum atomic E-state index is 10.7. The summed E-state index contributed by atoms with van der Waals surface area (Å²) < 4.78 is 28.5. The van der Waals surface area contributed by atoms with Crippen LogP contribution in [-0.4, -0.2) is 66.8 Å². The van der Waals surface area contributed by atoms with Gasteiger partial charge in [-0.05, 0) is 56.1 Å². The Labute approximate surface area is 209 Å². The van der Waals surface area contributed by atoms with Gasteiger partial charge in [0.1, 0.15) is 35.5 Å². The molecule has 0 amide bonds. The van der Waals surface area contributed by atoms with Crippen molar-refractivity contribution >= 4 is 11.0 Å². The smallest absolute Gasteiger partial charge is 0.283 e. The molecule has 4 aromatic rings. The molecule has 3 heterocycles. The molecule has 1 N–H and O–H groups in total. The standard InChI is InChI=1S/C27H31N3O6/c1-17-28-29-27(35-17)25-14-20-21(6-4-7-22(20)36-25)34-16-19(31)15-30-12-10-18(11-13-30)26-23(32-2)8-5-9-24(26)33-3/h4-9,14,18-19,31H,10-13,15-16H2,1-3H3/t19-/m0/s1. The van der Waals surface area contributed by atoms with Crippen LogP contribution >= 0.6 is 0 Å². The zero-order valence-electron chi connectivity index (χ0n) is 20.8. The number of fused-ring (bicyclic) bond motifs is 1. The number of aliphatic hydroxyl groups is 1. The Bertz CT molecular complexity index is 1290. The van der Waals surface area contributed by atoms with Gasteiger partial charge in [0, 0.05) is 25.1 Å². The molecule has 9 nitrogen and oxygen atoms in total. The van der Waals surface area contributed by atoms with Crippen LogP contribution in [0.25, 0.3) is 22.6 Å². The lowest BCUT2D eigenvalue weighted by atomic mass is 9.88. The van der Waals surface area contributed by atoms with E-state index in [9.17, 15) is 5.11 Å². The number of aliphatic hydroxyl groups excluding tert-OH is 1. The van der Waals surface area contributed by atoms with Crippen LogP contribution in [0, 0.1) is 6.92 Å². The Morgan fingerprint density at radius 1 is 1.00 bits per heavy atom. The van der Waals surface area contributed by atoms with E-state index in [4.69, 9.17) is 23.0 Å². The van der Waals surface area contributed by atoms with E-state index in [1.807, 2.05) is 42.5 Å². The maximum absolute atomic E-state index is 10.7. The number of furan rings is 1. The van der Waals surface area contributed by atoms with Crippen LogP contribution in [0.15, 0.2) is 51.3 Å². The highest BCUT2D eigenvalue weighted by Gasteiger charge is 2.27. The van der Waals surface area contributed by atoms with Crippen molar-refractivity contribution in [2.24, 2.45) is 0 Å². The number of aryl methyl sites for hydroxylation is 1. The van der Waals surface area contributed by atoms with Gasteiger partial charge >= 0.3 is 0 Å². The van der Waals surface area contributed by atoms with Crippen molar-refractivity contribution < 1.29 is 28.2 Å². The van der Waals surface area contributed by atoms with E-state index in [0.717, 1.165) is 48.4 Å². The van der Waals surface area contributed by atoms with Crippen molar-refractivity contribution in [2.45, 2.75) is 31.8 Å². The minimum absolute atomic E-state index is 0.180. The molecule has 36 heavy (non-hydrogen) atoms. The number of piperidine rings is 1. The summed E-state index contributed by atoms with van der Waals surface area (Å²) in [5, 5.41) is 19.4. The number of likely N-dealkylation sites (tertiary alicyclic amines) is 1. The highest BCUT2D eigenvalue weighted by atomic mass is 16.5. The van der Waals surface area contributed by atoms with E-state index in [0.29, 0.717) is 41.3 Å². The third-order valence-electron chi connectivity index (χ3n) is 6.62. The third-order valence-corrected chi connectivity index (χ3v) is 6.62. The first-order valence-corrected chi connectivity index (χ1v) is 12.1. The van der Waals surface area contributed by atoms with Crippen LogP contribution in [0.5, 0.6) is 17.2 Å². The fourth-order valence-electron chi connectivity index (χ4n) is 4.88. The summed E-state index contributed by atoms with van der Waals surface area (Å²) in [6, 6.07) is 13.3. The van der Waals surface area contributed by atoms with Gasteiger partial charge in [0.15, 0.2) is 5.76 Å². The van der Waals surface area contributed by atoms with Crippen molar-refractivity contribution in [3.63, 3.8) is 0 Å². The van der Waals surface area contributed by atoms with Gasteiger partial charge in [-0.3, -0.25) is 0 Å². The molecule has 0 aliphatic carbocycles. The van der Waals surface area contributed by atoms with Crippen LogP contribution < -0.4 is 14.2 Å². The number of methoxy groups -OCH3 is 2. The molecule has 1 atom stereocenters. The normalized spacial score (nSPS) is 15.8. The van der Waals surface area contributed by atoms with Crippen LogP contribution in [0.1, 0.15) is 30.2 Å². The molecule has 0 spiro atoms. The van der Waals surface area contributed by atoms with Crippen LogP contribution in [-0.2, 0) is 0 Å². The number of ether oxygens (including phenoxy) is 3. The monoisotopic (exact) mass is 493 g/mol. The van der Waals surface area contributed by atoms with Gasteiger partial charge < -0.3 is 33.1 Å². The van der Waals surface area contributed by atoms with E-state index in [1.165, 1.54) is 0 Å². The fraction of sp³-hybridized carbons (Fsp3) is 0.407. The summed E-state index contributed by atoms with van der Waals surface area (Å²) in [5.74, 6) is 4.01. The van der Waals surface area contributed by atoms with Gasteiger partial charge in [-0.1, -0.05) is 12.1 Å². The Morgan fingerprint density at radius 2 is 1.69 bits per heavy atom. The molecular weight excluding hydrogens is 462 g/mol. The molecule has 1 aliphatic heterocycles. The summed E-state index contributed by atoms with van der Waals surface area (Å²) >= 11 is 0. The van der Waals surface area contributed by atoms with Crippen molar-refractivity contribution in [1.29, 1.82) is 0 Å². The van der Waals surface area contributed by atoms with Gasteiger partial charge in [-0.15, -0.1) is 10.2 Å². The van der Waals surface area contributed by atoms with E-state index in [1.54, 1.807) is 21.1 Å². The predicted octanol–water partition coefficient (Wildman–Crippen LogP) is 4.43. The highest BCUT2D eigenvalue weighted by molar-refractivity contribution is 5.87. The average molecular weight is 494 g/mol. The molecule has 1 aliphatic rings.